The molecule has 1 N–H and O–H groups in total. The van der Waals surface area contributed by atoms with Crippen molar-refractivity contribution in [3.8, 4) is 5.75 Å². The van der Waals surface area contributed by atoms with E-state index in [-0.39, 0.29) is 33.6 Å². The Balaban J connectivity index is 1.70. The van der Waals surface area contributed by atoms with Gasteiger partial charge in [-0.2, -0.15) is 4.98 Å². The summed E-state index contributed by atoms with van der Waals surface area (Å²) in [4.78, 5) is 28.4. The van der Waals surface area contributed by atoms with Crippen LogP contribution in [0.4, 0.5) is 5.82 Å². The minimum absolute atomic E-state index is 0.125. The van der Waals surface area contributed by atoms with Crippen LogP contribution in [0.25, 0.3) is 0 Å². The van der Waals surface area contributed by atoms with E-state index in [1.54, 1.807) is 12.1 Å². The number of carbonyl (C=O) groups excluding carboxylic acids is 1. The highest BCUT2D eigenvalue weighted by atomic mass is 32.1. The van der Waals surface area contributed by atoms with Gasteiger partial charge in [0.25, 0.3) is 0 Å². The molecule has 0 aliphatic carbocycles. The van der Waals surface area contributed by atoms with Gasteiger partial charge in [0.2, 0.25) is 5.91 Å². The third-order valence-electron chi connectivity index (χ3n) is 6.60. The summed E-state index contributed by atoms with van der Waals surface area (Å²) in [6.07, 6.45) is -1.36. The molecule has 0 bridgehead atoms. The molecule has 1 amide bonds. The number of nitrogens with one attached hydrogen (secondary N) is 1. The molecule has 2 saturated heterocycles. The molecule has 2 aliphatic rings. The van der Waals surface area contributed by atoms with Gasteiger partial charge in [-0.1, -0.05) is 59.7 Å². The second kappa shape index (κ2) is 10.5. The number of amides is 1. The second-order valence-corrected chi connectivity index (χ2v) is 16.6. The largest absolute Gasteiger partial charge is 0.446 e. The molecule has 1 aromatic heterocycles. The lowest BCUT2D eigenvalue weighted by atomic mass is 10.1. The summed E-state index contributed by atoms with van der Waals surface area (Å²) >= 11 is 5.45. The van der Waals surface area contributed by atoms with Gasteiger partial charge in [-0.05, 0) is 18.2 Å². The van der Waals surface area contributed by atoms with Crippen molar-refractivity contribution in [2.45, 2.75) is 83.1 Å². The van der Waals surface area contributed by atoms with Crippen molar-refractivity contribution in [1.82, 2.24) is 9.55 Å². The van der Waals surface area contributed by atoms with Crippen LogP contribution in [0.3, 0.4) is 0 Å². The molecule has 3 heterocycles. The van der Waals surface area contributed by atoms with Gasteiger partial charge in [-0.25, -0.2) is 4.79 Å². The molecular formula is C26H35N3O7SSi. The van der Waals surface area contributed by atoms with Gasteiger partial charge in [-0.15, -0.1) is 0 Å². The van der Waals surface area contributed by atoms with Gasteiger partial charge in [0, 0.05) is 35.4 Å². The van der Waals surface area contributed by atoms with E-state index in [2.05, 4.69) is 51.8 Å². The van der Waals surface area contributed by atoms with Crippen molar-refractivity contribution in [3.63, 3.8) is 0 Å². The Hall–Kier alpha value is -2.64. The highest BCUT2D eigenvalue weighted by Gasteiger charge is 2.65. The highest BCUT2D eigenvalue weighted by molar-refractivity contribution is 7.79. The number of ether oxygens (including phenoxy) is 3. The monoisotopic (exact) mass is 561 g/mol. The molecule has 0 radical (unpaired) electrons. The molecule has 0 spiro atoms. The number of para-hydroxylation sites is 1. The second-order valence-electron chi connectivity index (χ2n) is 11.5. The Morgan fingerprint density at radius 3 is 2.37 bits per heavy atom. The summed E-state index contributed by atoms with van der Waals surface area (Å²) < 4.78 is 33.0. The molecule has 10 nitrogen and oxygen atoms in total. The summed E-state index contributed by atoms with van der Waals surface area (Å²) in [6.45, 7) is 14.3. The van der Waals surface area contributed by atoms with Crippen molar-refractivity contribution in [3.05, 3.63) is 53.1 Å². The number of anilines is 1. The van der Waals surface area contributed by atoms with Crippen LogP contribution < -0.4 is 15.7 Å². The van der Waals surface area contributed by atoms with Crippen LogP contribution in [-0.4, -0.2) is 54.2 Å². The predicted octanol–water partition coefficient (Wildman–Crippen LogP) is 4.31. The first-order chi connectivity index (χ1) is 17.7. The predicted molar refractivity (Wildman–Crippen MR) is 147 cm³/mol. The van der Waals surface area contributed by atoms with E-state index >= 15 is 0 Å². The van der Waals surface area contributed by atoms with Crippen LogP contribution in [0.5, 0.6) is 5.75 Å². The zero-order chi connectivity index (χ0) is 27.9. The summed E-state index contributed by atoms with van der Waals surface area (Å²) in [5, 5.41) is 1.83. The number of rotatable bonds is 4. The summed E-state index contributed by atoms with van der Waals surface area (Å²) in [6, 6.07) is 10.6. The number of hydrogen-bond donors (Lipinski definition) is 1. The molecule has 206 valence electrons. The van der Waals surface area contributed by atoms with Crippen LogP contribution in [0, 0.1) is 0 Å². The molecule has 1 aromatic carbocycles. The number of hydrogen-bond acceptors (Lipinski definition) is 9. The van der Waals surface area contributed by atoms with Crippen molar-refractivity contribution in [2.24, 2.45) is 0 Å². The normalized spacial score (nSPS) is 24.8. The smallest absolute Gasteiger partial charge is 0.358 e. The topological polar surface area (TPSA) is 110 Å². The van der Waals surface area contributed by atoms with E-state index in [0.29, 0.717) is 5.75 Å². The Bertz CT molecular complexity index is 1230. The van der Waals surface area contributed by atoms with Gasteiger partial charge in [0.1, 0.15) is 23.8 Å². The molecule has 2 aromatic rings. The molecule has 2 aliphatic heterocycles. The Kier molecular flexibility index (Phi) is 7.83. The first kappa shape index (κ1) is 28.4. The minimum Gasteiger partial charge on any atom is -0.446 e. The molecular weight excluding hydrogens is 526 g/mol. The lowest BCUT2D eigenvalue weighted by molar-refractivity contribution is -0.114. The van der Waals surface area contributed by atoms with Crippen LogP contribution in [0.2, 0.25) is 10.1 Å². The fourth-order valence-corrected chi connectivity index (χ4v) is 10.4. The molecule has 0 unspecified atom stereocenters. The number of carbonyl (C=O) groups is 1. The molecule has 2 fully saturated rings. The lowest BCUT2D eigenvalue weighted by Crippen LogP contribution is -2.65. The van der Waals surface area contributed by atoms with Gasteiger partial charge in [0.05, 0.1) is 6.61 Å². The van der Waals surface area contributed by atoms with Crippen molar-refractivity contribution in [2.75, 3.05) is 11.9 Å². The van der Waals surface area contributed by atoms with E-state index in [9.17, 15) is 9.59 Å². The third-order valence-corrected chi connectivity index (χ3v) is 11.9. The van der Waals surface area contributed by atoms with Gasteiger partial charge >= 0.3 is 19.5 Å². The van der Waals surface area contributed by atoms with E-state index in [1.807, 2.05) is 18.2 Å². The number of benzene rings is 1. The third kappa shape index (κ3) is 5.55. The lowest BCUT2D eigenvalue weighted by Gasteiger charge is -2.53. The zero-order valence-corrected chi connectivity index (χ0v) is 24.5. The Morgan fingerprint density at radius 1 is 1.13 bits per heavy atom. The minimum atomic E-state index is -2.90. The Labute approximate surface area is 228 Å². The Morgan fingerprint density at radius 2 is 1.79 bits per heavy atom. The van der Waals surface area contributed by atoms with Crippen molar-refractivity contribution >= 4 is 37.7 Å². The SMILES string of the molecule is CC(=O)Nc1ccn([C@@H]2O[C@@H]3CO[Si](C(C)(C)C)(C(C)(C)C)O[C@H]3[C@H]2OC(=S)Oc2ccccc2)c(=O)n1. The summed E-state index contributed by atoms with van der Waals surface area (Å²) in [7, 11) is -2.90. The fraction of sp³-hybridized carbons (Fsp3) is 0.538. The standard InChI is InChI=1S/C26H35N3O7SSi/c1-16(30)27-19-13-14-29(23(31)28-19)22-21(35-24(37)33-17-11-9-8-10-12-17)20-18(34-22)15-32-38(36-20,25(2,3)4)26(5,6)7/h8-14,18,20-22H,15H2,1-7H3,(H,27,28,30,31)/t18-,20-,21-,22-/m1/s1. The average Bonchev–Trinajstić information content (AvgIpc) is 3.15. The maximum atomic E-state index is 13.0. The van der Waals surface area contributed by atoms with E-state index in [0.717, 1.165) is 0 Å². The summed E-state index contributed by atoms with van der Waals surface area (Å²) in [5.74, 6) is 0.323. The van der Waals surface area contributed by atoms with Crippen molar-refractivity contribution < 1.29 is 27.9 Å². The van der Waals surface area contributed by atoms with Crippen LogP contribution in [-0.2, 0) is 23.1 Å². The average molecular weight is 562 g/mol. The highest BCUT2D eigenvalue weighted by Crippen LogP contribution is 2.56. The number of thiocarbonyl (C=S) groups is 1. The molecule has 4 rings (SSSR count). The fourth-order valence-electron chi connectivity index (χ4n) is 5.25. The molecule has 4 atom stereocenters. The number of aromatic nitrogens is 2. The van der Waals surface area contributed by atoms with Crippen LogP contribution in [0.15, 0.2) is 47.4 Å². The summed E-state index contributed by atoms with van der Waals surface area (Å²) in [5.41, 5.74) is -0.625. The molecule has 12 heteroatoms. The van der Waals surface area contributed by atoms with Gasteiger partial charge in [-0.3, -0.25) is 9.36 Å². The zero-order valence-electron chi connectivity index (χ0n) is 22.7. The van der Waals surface area contributed by atoms with E-state index < -0.39 is 38.8 Å². The first-order valence-corrected chi connectivity index (χ1v) is 14.7. The first-order valence-electron chi connectivity index (χ1n) is 12.5. The van der Waals surface area contributed by atoms with E-state index in [1.165, 1.54) is 23.8 Å². The number of nitrogens with zero attached hydrogens (tertiary/aromatic N) is 2. The van der Waals surface area contributed by atoms with Crippen LogP contribution in [0.1, 0.15) is 54.7 Å². The maximum Gasteiger partial charge on any atom is 0.358 e. The van der Waals surface area contributed by atoms with Gasteiger partial charge in [0.15, 0.2) is 12.3 Å². The molecule has 0 saturated carbocycles. The van der Waals surface area contributed by atoms with Gasteiger partial charge < -0.3 is 28.4 Å². The molecule has 38 heavy (non-hydrogen) atoms. The maximum absolute atomic E-state index is 13.0. The van der Waals surface area contributed by atoms with Crippen LogP contribution >= 0.6 is 12.2 Å². The quantitative estimate of drug-likeness (QED) is 0.431. The number of fused-ring (bicyclic) bond motifs is 1. The van der Waals surface area contributed by atoms with E-state index in [4.69, 9.17) is 35.3 Å². The van der Waals surface area contributed by atoms with Crippen molar-refractivity contribution in [1.29, 1.82) is 0 Å².